The van der Waals surface area contributed by atoms with Gasteiger partial charge >= 0.3 is 0 Å². The summed E-state index contributed by atoms with van der Waals surface area (Å²) >= 11 is 1.66. The van der Waals surface area contributed by atoms with Crippen molar-refractivity contribution in [3.8, 4) is 0 Å². The lowest BCUT2D eigenvalue weighted by atomic mass is 10.2. The van der Waals surface area contributed by atoms with Gasteiger partial charge in [0.25, 0.3) is 0 Å². The van der Waals surface area contributed by atoms with E-state index in [4.69, 9.17) is 5.73 Å². The molecule has 0 aromatic heterocycles. The molecular weight excluding hydrogens is 250 g/mol. The summed E-state index contributed by atoms with van der Waals surface area (Å²) in [6, 6.07) is -0.998. The molecule has 1 rings (SSSR count). The van der Waals surface area contributed by atoms with Crippen LogP contribution in [0.3, 0.4) is 0 Å². The normalized spacial score (nSPS) is 18.5. The Kier molecular flexibility index (Phi) is 6.49. The van der Waals surface area contributed by atoms with Gasteiger partial charge < -0.3 is 16.0 Å². The van der Waals surface area contributed by atoms with Gasteiger partial charge in [-0.3, -0.25) is 9.59 Å². The molecule has 1 unspecified atom stereocenters. The maximum absolute atomic E-state index is 12.0. The molecule has 0 spiro atoms. The van der Waals surface area contributed by atoms with E-state index in [0.717, 1.165) is 31.7 Å². The lowest BCUT2D eigenvalue weighted by Gasteiger charge is -2.22. The van der Waals surface area contributed by atoms with E-state index in [1.54, 1.807) is 23.6 Å². The summed E-state index contributed by atoms with van der Waals surface area (Å²) in [6.45, 7) is 3.33. The van der Waals surface area contributed by atoms with Crippen LogP contribution in [0.5, 0.6) is 0 Å². The molecule has 1 aliphatic rings. The smallest absolute Gasteiger partial charge is 0.244 e. The first-order chi connectivity index (χ1) is 8.56. The molecule has 1 heterocycles. The number of carbonyl (C=O) groups is 2. The van der Waals surface area contributed by atoms with Gasteiger partial charge in [-0.05, 0) is 38.2 Å². The van der Waals surface area contributed by atoms with Crippen molar-refractivity contribution >= 4 is 23.6 Å². The molecule has 5 nitrogen and oxygen atoms in total. The molecule has 0 saturated carbocycles. The van der Waals surface area contributed by atoms with Crippen molar-refractivity contribution in [1.29, 1.82) is 0 Å². The first-order valence-corrected chi connectivity index (χ1v) is 7.79. The zero-order chi connectivity index (χ0) is 13.5. The highest BCUT2D eigenvalue weighted by molar-refractivity contribution is 7.98. The van der Waals surface area contributed by atoms with Crippen molar-refractivity contribution in [2.75, 3.05) is 25.1 Å². The van der Waals surface area contributed by atoms with E-state index in [-0.39, 0.29) is 11.8 Å². The number of amides is 2. The number of thioether (sulfide) groups is 1. The molecule has 1 saturated heterocycles. The number of hydrogen-bond acceptors (Lipinski definition) is 4. The predicted molar refractivity (Wildman–Crippen MR) is 74.4 cm³/mol. The quantitative estimate of drug-likeness (QED) is 0.724. The molecule has 1 aliphatic heterocycles. The number of hydrogen-bond donors (Lipinski definition) is 2. The summed E-state index contributed by atoms with van der Waals surface area (Å²) in [5.41, 5.74) is 5.75. The molecular formula is C12H23N3O2S. The summed E-state index contributed by atoms with van der Waals surface area (Å²) in [5, 5.41) is 2.70. The Morgan fingerprint density at radius 2 is 2.00 bits per heavy atom. The van der Waals surface area contributed by atoms with Crippen molar-refractivity contribution in [1.82, 2.24) is 10.2 Å². The number of nitrogens with one attached hydrogen (secondary N) is 1. The van der Waals surface area contributed by atoms with E-state index in [2.05, 4.69) is 5.32 Å². The Balaban J connectivity index is 2.35. The first kappa shape index (κ1) is 15.3. The molecule has 0 aliphatic carbocycles. The maximum atomic E-state index is 12.0. The summed E-state index contributed by atoms with van der Waals surface area (Å²) in [7, 11) is 0. The van der Waals surface area contributed by atoms with Crippen LogP contribution < -0.4 is 11.1 Å². The molecule has 2 atom stereocenters. The second-order valence-corrected chi connectivity index (χ2v) is 5.64. The molecule has 3 N–H and O–H groups in total. The third-order valence-electron chi connectivity index (χ3n) is 3.12. The van der Waals surface area contributed by atoms with Gasteiger partial charge in [0.15, 0.2) is 0 Å². The van der Waals surface area contributed by atoms with Crippen LogP contribution in [0.4, 0.5) is 0 Å². The molecule has 104 valence electrons. The summed E-state index contributed by atoms with van der Waals surface area (Å²) < 4.78 is 0. The molecule has 2 amide bonds. The van der Waals surface area contributed by atoms with Gasteiger partial charge in [0, 0.05) is 13.1 Å². The van der Waals surface area contributed by atoms with Crippen molar-refractivity contribution in [2.24, 2.45) is 5.73 Å². The molecule has 0 aromatic rings. The van der Waals surface area contributed by atoms with Crippen LogP contribution >= 0.6 is 11.8 Å². The average molecular weight is 273 g/mol. The summed E-state index contributed by atoms with van der Waals surface area (Å²) in [4.78, 5) is 25.6. The SMILES string of the molecule is CSCC[C@@H](N)C(=O)NC(C)C(=O)N1CCCC1. The topological polar surface area (TPSA) is 75.4 Å². The van der Waals surface area contributed by atoms with Crippen LogP contribution in [0.25, 0.3) is 0 Å². The summed E-state index contributed by atoms with van der Waals surface area (Å²) in [5.74, 6) is 0.616. The number of carbonyl (C=O) groups excluding carboxylic acids is 2. The predicted octanol–water partition coefficient (Wildman–Crippen LogP) is 0.194. The average Bonchev–Trinajstić information content (AvgIpc) is 2.88. The minimum Gasteiger partial charge on any atom is -0.343 e. The Hall–Kier alpha value is -0.750. The largest absolute Gasteiger partial charge is 0.343 e. The van der Waals surface area contributed by atoms with E-state index in [0.29, 0.717) is 6.42 Å². The lowest BCUT2D eigenvalue weighted by Crippen LogP contribution is -2.50. The third kappa shape index (κ3) is 4.49. The van der Waals surface area contributed by atoms with Gasteiger partial charge in [-0.2, -0.15) is 11.8 Å². The fourth-order valence-corrected chi connectivity index (χ4v) is 2.46. The Bertz CT molecular complexity index is 293. The molecule has 6 heteroatoms. The van der Waals surface area contributed by atoms with Gasteiger partial charge in [0.1, 0.15) is 6.04 Å². The Labute approximate surface area is 113 Å². The van der Waals surface area contributed by atoms with Gasteiger partial charge in [0.2, 0.25) is 11.8 Å². The monoisotopic (exact) mass is 273 g/mol. The zero-order valence-electron chi connectivity index (χ0n) is 11.1. The van der Waals surface area contributed by atoms with Crippen LogP contribution in [0.2, 0.25) is 0 Å². The van der Waals surface area contributed by atoms with E-state index in [9.17, 15) is 9.59 Å². The van der Waals surface area contributed by atoms with Gasteiger partial charge in [0.05, 0.1) is 6.04 Å². The van der Waals surface area contributed by atoms with E-state index in [1.807, 2.05) is 6.26 Å². The standard InChI is InChI=1S/C12H23N3O2S/c1-9(12(17)15-6-3-4-7-15)14-11(16)10(13)5-8-18-2/h9-10H,3-8,13H2,1-2H3,(H,14,16)/t9?,10-/m1/s1. The second kappa shape index (κ2) is 7.63. The number of rotatable bonds is 6. The fraction of sp³-hybridized carbons (Fsp3) is 0.833. The first-order valence-electron chi connectivity index (χ1n) is 6.40. The molecule has 0 aromatic carbocycles. The zero-order valence-corrected chi connectivity index (χ0v) is 12.0. The van der Waals surface area contributed by atoms with Crippen LogP contribution in [0, 0.1) is 0 Å². The highest BCUT2D eigenvalue weighted by atomic mass is 32.2. The van der Waals surface area contributed by atoms with Gasteiger partial charge in [-0.1, -0.05) is 0 Å². The van der Waals surface area contributed by atoms with E-state index in [1.165, 1.54) is 0 Å². The third-order valence-corrected chi connectivity index (χ3v) is 3.76. The van der Waals surface area contributed by atoms with E-state index >= 15 is 0 Å². The Morgan fingerprint density at radius 1 is 1.39 bits per heavy atom. The number of nitrogens with zero attached hydrogens (tertiary/aromatic N) is 1. The van der Waals surface area contributed by atoms with Crippen molar-refractivity contribution < 1.29 is 9.59 Å². The van der Waals surface area contributed by atoms with Crippen LogP contribution in [0.15, 0.2) is 0 Å². The van der Waals surface area contributed by atoms with Gasteiger partial charge in [-0.25, -0.2) is 0 Å². The van der Waals surface area contributed by atoms with Crippen LogP contribution in [0.1, 0.15) is 26.2 Å². The summed E-state index contributed by atoms with van der Waals surface area (Å²) in [6.07, 6.45) is 4.72. The van der Waals surface area contributed by atoms with Crippen LogP contribution in [-0.4, -0.2) is 53.9 Å². The number of nitrogens with two attached hydrogens (primary N) is 1. The maximum Gasteiger partial charge on any atom is 0.244 e. The van der Waals surface area contributed by atoms with Crippen molar-refractivity contribution in [3.05, 3.63) is 0 Å². The highest BCUT2D eigenvalue weighted by Gasteiger charge is 2.25. The van der Waals surface area contributed by atoms with Gasteiger partial charge in [-0.15, -0.1) is 0 Å². The number of likely N-dealkylation sites (tertiary alicyclic amines) is 1. The van der Waals surface area contributed by atoms with E-state index < -0.39 is 12.1 Å². The molecule has 0 bridgehead atoms. The van der Waals surface area contributed by atoms with Crippen molar-refractivity contribution in [3.63, 3.8) is 0 Å². The van der Waals surface area contributed by atoms with Crippen LogP contribution in [-0.2, 0) is 9.59 Å². The highest BCUT2D eigenvalue weighted by Crippen LogP contribution is 2.09. The molecule has 1 fully saturated rings. The fourth-order valence-electron chi connectivity index (χ4n) is 1.97. The minimum atomic E-state index is -0.522. The molecule has 18 heavy (non-hydrogen) atoms. The minimum absolute atomic E-state index is 0.00193. The second-order valence-electron chi connectivity index (χ2n) is 4.65. The Morgan fingerprint density at radius 3 is 2.56 bits per heavy atom. The lowest BCUT2D eigenvalue weighted by molar-refractivity contribution is -0.135. The molecule has 0 radical (unpaired) electrons. The van der Waals surface area contributed by atoms with Crippen molar-refractivity contribution in [2.45, 2.75) is 38.3 Å².